The molecule has 0 amide bonds. The molecule has 2 aromatic heterocycles. The summed E-state index contributed by atoms with van der Waals surface area (Å²) in [4.78, 5) is 29.6. The molecule has 1 atom stereocenters. The molecule has 34 heavy (non-hydrogen) atoms. The van der Waals surface area contributed by atoms with Crippen LogP contribution in [0.4, 0.5) is 14.5 Å². The van der Waals surface area contributed by atoms with Gasteiger partial charge < -0.3 is 10.4 Å². The Morgan fingerprint density at radius 3 is 2.53 bits per heavy atom. The summed E-state index contributed by atoms with van der Waals surface area (Å²) in [5, 5.41) is 12.7. The van der Waals surface area contributed by atoms with E-state index in [-0.39, 0.29) is 16.7 Å². The Morgan fingerprint density at radius 1 is 1.09 bits per heavy atom. The molecule has 8 heteroatoms. The van der Waals surface area contributed by atoms with Gasteiger partial charge in [0.2, 0.25) is 0 Å². The molecular formula is C26H23F2N3O3. The van der Waals surface area contributed by atoms with Crippen molar-refractivity contribution in [1.29, 1.82) is 0 Å². The van der Waals surface area contributed by atoms with Crippen molar-refractivity contribution < 1.29 is 18.7 Å². The number of para-hydroxylation sites is 1. The Labute approximate surface area is 194 Å². The van der Waals surface area contributed by atoms with Crippen LogP contribution in [0.25, 0.3) is 16.9 Å². The van der Waals surface area contributed by atoms with Crippen molar-refractivity contribution in [1.82, 2.24) is 9.38 Å². The number of halogens is 2. The molecule has 2 N–H and O–H groups in total. The van der Waals surface area contributed by atoms with Crippen molar-refractivity contribution in [3.8, 4) is 11.3 Å². The lowest BCUT2D eigenvalue weighted by Gasteiger charge is -2.20. The Bertz CT molecular complexity index is 1460. The summed E-state index contributed by atoms with van der Waals surface area (Å²) >= 11 is 0. The molecule has 6 nitrogen and oxygen atoms in total. The van der Waals surface area contributed by atoms with E-state index in [0.29, 0.717) is 33.7 Å². The van der Waals surface area contributed by atoms with E-state index in [1.807, 2.05) is 19.9 Å². The number of fused-ring (bicyclic) bond motifs is 1. The number of anilines is 1. The number of hydrogen-bond acceptors (Lipinski definition) is 4. The number of aromatic carboxylic acids is 1. The number of pyridine rings is 1. The SMILES string of the molecule is Cc1cc([C@@H](C)Nc2ccccc2C(=O)O)c2nc(-c3cccc(C(F)F)c3)c(C)c(=O)n2c1. The fourth-order valence-corrected chi connectivity index (χ4v) is 4.02. The van der Waals surface area contributed by atoms with E-state index < -0.39 is 18.4 Å². The number of carbonyl (C=O) groups is 1. The predicted octanol–water partition coefficient (Wildman–Crippen LogP) is 5.79. The van der Waals surface area contributed by atoms with Gasteiger partial charge in [-0.3, -0.25) is 9.20 Å². The van der Waals surface area contributed by atoms with Gasteiger partial charge in [-0.05, 0) is 50.6 Å². The first-order chi connectivity index (χ1) is 16.2. The topological polar surface area (TPSA) is 83.7 Å². The van der Waals surface area contributed by atoms with Crippen LogP contribution in [0.15, 0.2) is 65.6 Å². The minimum atomic E-state index is -2.64. The summed E-state index contributed by atoms with van der Waals surface area (Å²) < 4.78 is 28.0. The number of nitrogens with zero attached hydrogens (tertiary/aromatic N) is 2. The average molecular weight is 463 g/mol. The van der Waals surface area contributed by atoms with E-state index in [4.69, 9.17) is 4.98 Å². The maximum atomic E-state index is 13.3. The highest BCUT2D eigenvalue weighted by molar-refractivity contribution is 5.94. The molecule has 174 valence electrons. The Morgan fingerprint density at radius 2 is 1.82 bits per heavy atom. The van der Waals surface area contributed by atoms with Crippen LogP contribution in [0, 0.1) is 13.8 Å². The van der Waals surface area contributed by atoms with Gasteiger partial charge in [0.15, 0.2) is 0 Å². The number of aromatic nitrogens is 2. The predicted molar refractivity (Wildman–Crippen MR) is 127 cm³/mol. The van der Waals surface area contributed by atoms with Crippen molar-refractivity contribution in [2.24, 2.45) is 0 Å². The third-order valence-corrected chi connectivity index (χ3v) is 5.72. The molecule has 0 aliphatic carbocycles. The Hall–Kier alpha value is -4.07. The summed E-state index contributed by atoms with van der Waals surface area (Å²) in [5.74, 6) is -1.06. The van der Waals surface area contributed by atoms with Crippen LogP contribution in [-0.4, -0.2) is 20.5 Å². The van der Waals surface area contributed by atoms with Crippen LogP contribution in [0.3, 0.4) is 0 Å². The number of aryl methyl sites for hydroxylation is 1. The molecule has 4 aromatic rings. The molecule has 4 rings (SSSR count). The summed E-state index contributed by atoms with van der Waals surface area (Å²) in [7, 11) is 0. The molecule has 0 saturated heterocycles. The van der Waals surface area contributed by atoms with Crippen molar-refractivity contribution in [3.63, 3.8) is 0 Å². The van der Waals surface area contributed by atoms with Crippen LogP contribution in [0.2, 0.25) is 0 Å². The second kappa shape index (κ2) is 9.05. The van der Waals surface area contributed by atoms with E-state index in [1.165, 1.54) is 28.7 Å². The van der Waals surface area contributed by atoms with Gasteiger partial charge in [-0.2, -0.15) is 0 Å². The first-order valence-corrected chi connectivity index (χ1v) is 10.7. The summed E-state index contributed by atoms with van der Waals surface area (Å²) in [6.07, 6.45) is -0.961. The first-order valence-electron chi connectivity index (χ1n) is 10.7. The molecule has 0 radical (unpaired) electrons. The van der Waals surface area contributed by atoms with Gasteiger partial charge in [0.05, 0.1) is 17.3 Å². The number of nitrogens with one attached hydrogen (secondary N) is 1. The van der Waals surface area contributed by atoms with Crippen LogP contribution < -0.4 is 10.9 Å². The zero-order valence-corrected chi connectivity index (χ0v) is 18.8. The van der Waals surface area contributed by atoms with E-state index in [9.17, 15) is 23.5 Å². The van der Waals surface area contributed by atoms with Gasteiger partial charge in [-0.25, -0.2) is 18.6 Å². The third kappa shape index (κ3) is 4.26. The molecule has 0 bridgehead atoms. The van der Waals surface area contributed by atoms with Gasteiger partial charge in [0, 0.05) is 34.1 Å². The molecule has 2 aromatic carbocycles. The summed E-state index contributed by atoms with van der Waals surface area (Å²) in [5.41, 5.74) is 3.06. The summed E-state index contributed by atoms with van der Waals surface area (Å²) in [6, 6.07) is 13.9. The zero-order chi connectivity index (χ0) is 24.6. The standard InChI is InChI=1S/C26H23F2N3O3/c1-14-11-20(16(3)29-21-10-5-4-9-19(21)26(33)34)24-30-22(15(2)25(32)31(24)13-14)17-7-6-8-18(12-17)23(27)28/h4-13,16,23,29H,1-3H3,(H,33,34)/t16-/m1/s1. The lowest BCUT2D eigenvalue weighted by molar-refractivity contribution is 0.0698. The highest BCUT2D eigenvalue weighted by Gasteiger charge is 2.19. The molecular weight excluding hydrogens is 440 g/mol. The molecule has 0 aliphatic heterocycles. The second-order valence-corrected chi connectivity index (χ2v) is 8.20. The summed E-state index contributed by atoms with van der Waals surface area (Å²) in [6.45, 7) is 5.32. The number of rotatable bonds is 6. The number of carboxylic acids is 1. The Kier molecular flexibility index (Phi) is 6.15. The van der Waals surface area contributed by atoms with Gasteiger partial charge in [-0.1, -0.05) is 30.3 Å². The fraction of sp³-hybridized carbons (Fsp3) is 0.192. The number of hydrogen-bond donors (Lipinski definition) is 2. The van der Waals surface area contributed by atoms with Crippen LogP contribution in [-0.2, 0) is 0 Å². The quantitative estimate of drug-likeness (QED) is 0.378. The maximum absolute atomic E-state index is 13.3. The molecule has 0 fully saturated rings. The lowest BCUT2D eigenvalue weighted by Crippen LogP contribution is -2.22. The third-order valence-electron chi connectivity index (χ3n) is 5.72. The molecule has 0 saturated carbocycles. The van der Waals surface area contributed by atoms with Gasteiger partial charge in [-0.15, -0.1) is 0 Å². The lowest BCUT2D eigenvalue weighted by atomic mass is 10.0. The largest absolute Gasteiger partial charge is 0.478 e. The van der Waals surface area contributed by atoms with Crippen molar-refractivity contribution in [2.45, 2.75) is 33.2 Å². The van der Waals surface area contributed by atoms with Crippen LogP contribution >= 0.6 is 0 Å². The van der Waals surface area contributed by atoms with E-state index in [1.54, 1.807) is 37.4 Å². The first kappa shape index (κ1) is 23.1. The number of carboxylic acid groups (broad SMARTS) is 1. The van der Waals surface area contributed by atoms with Crippen molar-refractivity contribution in [2.75, 3.05) is 5.32 Å². The van der Waals surface area contributed by atoms with E-state index in [0.717, 1.165) is 5.56 Å². The average Bonchev–Trinajstić information content (AvgIpc) is 2.81. The van der Waals surface area contributed by atoms with Gasteiger partial charge in [0.25, 0.3) is 12.0 Å². The number of alkyl halides is 2. The molecule has 0 spiro atoms. The van der Waals surface area contributed by atoms with Crippen molar-refractivity contribution in [3.05, 3.63) is 99.0 Å². The smallest absolute Gasteiger partial charge is 0.337 e. The minimum absolute atomic E-state index is 0.122. The highest BCUT2D eigenvalue weighted by atomic mass is 19.3. The molecule has 2 heterocycles. The number of benzene rings is 2. The Balaban J connectivity index is 1.89. The van der Waals surface area contributed by atoms with E-state index in [2.05, 4.69) is 5.32 Å². The van der Waals surface area contributed by atoms with Crippen molar-refractivity contribution >= 4 is 17.3 Å². The fourth-order valence-electron chi connectivity index (χ4n) is 4.02. The minimum Gasteiger partial charge on any atom is -0.478 e. The monoisotopic (exact) mass is 463 g/mol. The van der Waals surface area contributed by atoms with E-state index >= 15 is 0 Å². The highest BCUT2D eigenvalue weighted by Crippen LogP contribution is 2.29. The van der Waals surface area contributed by atoms with Crippen LogP contribution in [0.1, 0.15) is 52.0 Å². The van der Waals surface area contributed by atoms with Gasteiger partial charge >= 0.3 is 5.97 Å². The molecule has 0 unspecified atom stereocenters. The van der Waals surface area contributed by atoms with Crippen LogP contribution in [0.5, 0.6) is 0 Å². The molecule has 0 aliphatic rings. The second-order valence-electron chi connectivity index (χ2n) is 8.20. The maximum Gasteiger partial charge on any atom is 0.337 e. The van der Waals surface area contributed by atoms with Gasteiger partial charge in [0.1, 0.15) is 5.65 Å². The normalized spacial score (nSPS) is 12.2. The zero-order valence-electron chi connectivity index (χ0n) is 18.8.